The van der Waals surface area contributed by atoms with Crippen molar-refractivity contribution in [3.63, 3.8) is 0 Å². The number of aryl methyl sites for hydroxylation is 1. The molecule has 2 aromatic rings. The Morgan fingerprint density at radius 1 is 0.829 bits per heavy atom. The molecule has 35 heavy (non-hydrogen) atoms. The highest BCUT2D eigenvalue weighted by molar-refractivity contribution is 5.91. The monoisotopic (exact) mass is 510 g/mol. The zero-order valence-electron chi connectivity index (χ0n) is 17.9. The van der Waals surface area contributed by atoms with Gasteiger partial charge in [-0.25, -0.2) is 14.0 Å². The first-order valence-corrected chi connectivity index (χ1v) is 9.81. The molecule has 2 aromatic carbocycles. The van der Waals surface area contributed by atoms with Gasteiger partial charge >= 0.3 is 24.3 Å². The molecule has 0 N–H and O–H groups in total. The van der Waals surface area contributed by atoms with Crippen molar-refractivity contribution in [1.82, 2.24) is 0 Å². The lowest BCUT2D eigenvalue weighted by molar-refractivity contribution is -0.192. The third kappa shape index (κ3) is 5.90. The second-order valence-corrected chi connectivity index (χ2v) is 7.43. The number of methoxy groups -OCH3 is 1. The molecule has 0 radical (unpaired) electrons. The SMILES string of the molecule is COC1O[C@H](OC(=O)c2ccc(C(F)(F)F)cc2C)[C@@H](OC(=O)c2ccc(C(F)(F)F)cc2)[C@@H]1F. The Hall–Kier alpha value is -3.19. The molecule has 1 heterocycles. The molecule has 190 valence electrons. The summed E-state index contributed by atoms with van der Waals surface area (Å²) in [4.78, 5) is 24.9. The summed E-state index contributed by atoms with van der Waals surface area (Å²) in [6.45, 7) is 1.22. The Bertz CT molecular complexity index is 1080. The second kappa shape index (κ2) is 9.82. The number of rotatable bonds is 5. The van der Waals surface area contributed by atoms with Crippen molar-refractivity contribution in [2.75, 3.05) is 7.11 Å². The molecule has 3 rings (SSSR count). The number of hydrogen-bond donors (Lipinski definition) is 0. The summed E-state index contributed by atoms with van der Waals surface area (Å²) in [5.74, 6) is -2.43. The summed E-state index contributed by atoms with van der Waals surface area (Å²) >= 11 is 0. The maximum absolute atomic E-state index is 14.7. The predicted octanol–water partition coefficient (Wildman–Crippen LogP) is 5.08. The Morgan fingerprint density at radius 2 is 1.40 bits per heavy atom. The summed E-state index contributed by atoms with van der Waals surface area (Å²) in [6.07, 6.45) is -16.8. The van der Waals surface area contributed by atoms with Crippen molar-refractivity contribution in [1.29, 1.82) is 0 Å². The molecule has 0 aromatic heterocycles. The fraction of sp³-hybridized carbons (Fsp3) is 0.364. The van der Waals surface area contributed by atoms with Gasteiger partial charge in [0.25, 0.3) is 0 Å². The Morgan fingerprint density at radius 3 is 1.91 bits per heavy atom. The van der Waals surface area contributed by atoms with Gasteiger partial charge < -0.3 is 18.9 Å². The minimum atomic E-state index is -4.65. The van der Waals surface area contributed by atoms with Gasteiger partial charge in [-0.2, -0.15) is 26.3 Å². The van der Waals surface area contributed by atoms with E-state index in [0.29, 0.717) is 24.3 Å². The van der Waals surface area contributed by atoms with Crippen LogP contribution in [0.2, 0.25) is 0 Å². The summed E-state index contributed by atoms with van der Waals surface area (Å²) in [5, 5.41) is 0. The number of benzene rings is 2. The van der Waals surface area contributed by atoms with Crippen LogP contribution in [0.5, 0.6) is 0 Å². The van der Waals surface area contributed by atoms with Crippen LogP contribution in [-0.4, -0.2) is 43.9 Å². The average molecular weight is 510 g/mol. The number of ether oxygens (including phenoxy) is 4. The number of hydrogen-bond acceptors (Lipinski definition) is 6. The van der Waals surface area contributed by atoms with Crippen molar-refractivity contribution in [3.8, 4) is 0 Å². The van der Waals surface area contributed by atoms with Gasteiger partial charge in [-0.3, -0.25) is 0 Å². The molecule has 1 aliphatic rings. The lowest BCUT2D eigenvalue weighted by atomic mass is 10.0. The first kappa shape index (κ1) is 26.4. The molecule has 0 aliphatic carbocycles. The van der Waals surface area contributed by atoms with E-state index in [1.807, 2.05) is 0 Å². The minimum absolute atomic E-state index is 0.0961. The van der Waals surface area contributed by atoms with Crippen LogP contribution in [0.3, 0.4) is 0 Å². The van der Waals surface area contributed by atoms with Crippen LogP contribution in [0.15, 0.2) is 42.5 Å². The van der Waals surface area contributed by atoms with Crippen LogP contribution in [0.4, 0.5) is 30.7 Å². The molecule has 13 heteroatoms. The Kier molecular flexibility index (Phi) is 7.41. The van der Waals surface area contributed by atoms with E-state index < -0.39 is 60.3 Å². The van der Waals surface area contributed by atoms with Crippen molar-refractivity contribution in [3.05, 3.63) is 70.3 Å². The topological polar surface area (TPSA) is 71.1 Å². The van der Waals surface area contributed by atoms with E-state index in [9.17, 15) is 40.3 Å². The number of carbonyl (C=O) groups is 2. The Labute approximate surface area is 193 Å². The van der Waals surface area contributed by atoms with Gasteiger partial charge in [0.15, 0.2) is 12.5 Å². The predicted molar refractivity (Wildman–Crippen MR) is 103 cm³/mol. The summed E-state index contributed by atoms with van der Waals surface area (Å²) in [5.41, 5.74) is -2.77. The molecule has 4 atom stereocenters. The van der Waals surface area contributed by atoms with E-state index in [1.165, 1.54) is 6.92 Å². The summed E-state index contributed by atoms with van der Waals surface area (Å²) in [7, 11) is 1.05. The van der Waals surface area contributed by atoms with Crippen molar-refractivity contribution in [2.45, 2.75) is 44.1 Å². The fourth-order valence-electron chi connectivity index (χ4n) is 3.22. The normalized spacial score (nSPS) is 22.7. The van der Waals surface area contributed by atoms with Gasteiger partial charge in [0, 0.05) is 7.11 Å². The molecule has 6 nitrogen and oxygen atoms in total. The fourth-order valence-corrected chi connectivity index (χ4v) is 3.22. The van der Waals surface area contributed by atoms with Crippen LogP contribution < -0.4 is 0 Å². The third-order valence-electron chi connectivity index (χ3n) is 5.03. The van der Waals surface area contributed by atoms with E-state index in [0.717, 1.165) is 25.3 Å². The zero-order chi connectivity index (χ0) is 26.1. The second-order valence-electron chi connectivity index (χ2n) is 7.43. The van der Waals surface area contributed by atoms with Crippen LogP contribution in [0.1, 0.15) is 37.4 Å². The van der Waals surface area contributed by atoms with Gasteiger partial charge in [0.1, 0.15) is 0 Å². The van der Waals surface area contributed by atoms with Crippen LogP contribution in [0, 0.1) is 6.92 Å². The highest BCUT2D eigenvalue weighted by Crippen LogP contribution is 2.33. The van der Waals surface area contributed by atoms with Gasteiger partial charge in [-0.05, 0) is 55.0 Å². The van der Waals surface area contributed by atoms with Crippen molar-refractivity contribution >= 4 is 11.9 Å². The summed E-state index contributed by atoms with van der Waals surface area (Å²) in [6, 6.07) is 5.10. The van der Waals surface area contributed by atoms with E-state index in [-0.39, 0.29) is 16.7 Å². The lowest BCUT2D eigenvalue weighted by Crippen LogP contribution is -2.37. The number of esters is 2. The van der Waals surface area contributed by atoms with Crippen LogP contribution >= 0.6 is 0 Å². The van der Waals surface area contributed by atoms with Crippen LogP contribution in [-0.2, 0) is 31.3 Å². The van der Waals surface area contributed by atoms with Crippen LogP contribution in [0.25, 0.3) is 0 Å². The molecular formula is C22H17F7O6. The largest absolute Gasteiger partial charge is 0.449 e. The quantitative estimate of drug-likeness (QED) is 0.413. The van der Waals surface area contributed by atoms with E-state index in [2.05, 4.69) is 0 Å². The lowest BCUT2D eigenvalue weighted by Gasteiger charge is -2.20. The Balaban J connectivity index is 1.77. The maximum Gasteiger partial charge on any atom is 0.416 e. The summed E-state index contributed by atoms with van der Waals surface area (Å²) < 4.78 is 111. The average Bonchev–Trinajstić information content (AvgIpc) is 3.06. The van der Waals surface area contributed by atoms with Crippen molar-refractivity contribution < 1.29 is 59.3 Å². The number of carbonyl (C=O) groups excluding carboxylic acids is 2. The molecule has 0 saturated carbocycles. The molecule has 1 fully saturated rings. The number of halogens is 7. The van der Waals surface area contributed by atoms with Gasteiger partial charge in [-0.1, -0.05) is 0 Å². The standard InChI is InChI=1S/C22H17F7O6/c1-10-9-13(22(27,28)29)7-8-14(10)18(31)34-20-16(15(23)19(32-2)35-20)33-17(30)11-3-5-12(6-4-11)21(24,25)26/h3-9,15-16,19-20H,1-2H3/t15-,16-,19?,20-/m0/s1. The molecule has 1 unspecified atom stereocenters. The molecule has 0 amide bonds. The third-order valence-corrected chi connectivity index (χ3v) is 5.03. The van der Waals surface area contributed by atoms with Gasteiger partial charge in [-0.15, -0.1) is 0 Å². The highest BCUT2D eigenvalue weighted by atomic mass is 19.4. The van der Waals surface area contributed by atoms with Crippen molar-refractivity contribution in [2.24, 2.45) is 0 Å². The first-order valence-electron chi connectivity index (χ1n) is 9.81. The zero-order valence-corrected chi connectivity index (χ0v) is 17.9. The van der Waals surface area contributed by atoms with Gasteiger partial charge in [0.2, 0.25) is 12.4 Å². The molecule has 1 aliphatic heterocycles. The van der Waals surface area contributed by atoms with Gasteiger partial charge in [0.05, 0.1) is 22.3 Å². The van der Waals surface area contributed by atoms with E-state index >= 15 is 0 Å². The maximum atomic E-state index is 14.7. The first-order chi connectivity index (χ1) is 16.2. The molecular weight excluding hydrogens is 493 g/mol. The highest BCUT2D eigenvalue weighted by Gasteiger charge is 2.50. The van der Waals surface area contributed by atoms with E-state index in [4.69, 9.17) is 18.9 Å². The van der Waals surface area contributed by atoms with E-state index in [1.54, 1.807) is 0 Å². The number of alkyl halides is 7. The minimum Gasteiger partial charge on any atom is -0.449 e. The molecule has 0 bridgehead atoms. The smallest absolute Gasteiger partial charge is 0.416 e. The molecule has 0 spiro atoms. The molecule has 1 saturated heterocycles.